The van der Waals surface area contributed by atoms with Crippen LogP contribution < -0.4 is 14.8 Å². The molecule has 10 heteroatoms. The van der Waals surface area contributed by atoms with Gasteiger partial charge >= 0.3 is 5.97 Å². The van der Waals surface area contributed by atoms with Gasteiger partial charge in [-0.3, -0.25) is 9.59 Å². The lowest BCUT2D eigenvalue weighted by atomic mass is 9.81. The van der Waals surface area contributed by atoms with Crippen LogP contribution >= 0.6 is 0 Å². The monoisotopic (exact) mass is 518 g/mol. The summed E-state index contributed by atoms with van der Waals surface area (Å²) < 4.78 is 35.5. The number of methoxy groups -OCH3 is 2. The van der Waals surface area contributed by atoms with Crippen molar-refractivity contribution in [3.8, 4) is 11.5 Å². The van der Waals surface area contributed by atoms with Crippen molar-refractivity contribution >= 4 is 18.2 Å². The molecule has 2 rings (SSSR count). The summed E-state index contributed by atoms with van der Waals surface area (Å²) in [4.78, 5) is 40.7. The Kier molecular flexibility index (Phi) is 10.3. The van der Waals surface area contributed by atoms with Gasteiger partial charge < -0.3 is 29.1 Å². The molecular weight excluding hydrogens is 483 g/mol. The van der Waals surface area contributed by atoms with Gasteiger partial charge in [0.15, 0.2) is 11.4 Å². The lowest BCUT2D eigenvalue weighted by Gasteiger charge is -2.38. The maximum atomic E-state index is 13.4. The predicted octanol–water partition coefficient (Wildman–Crippen LogP) is 3.53. The number of nitrogens with zero attached hydrogens (tertiary/aromatic N) is 1. The van der Waals surface area contributed by atoms with Crippen LogP contribution in [-0.4, -0.2) is 61.2 Å². The number of rotatable bonds is 13. The van der Waals surface area contributed by atoms with Crippen LogP contribution in [0.25, 0.3) is 0 Å². The number of hydrogen-bond donors (Lipinski definition) is 1. The molecule has 0 aliphatic rings. The number of pyridine rings is 1. The van der Waals surface area contributed by atoms with Crippen molar-refractivity contribution in [3.05, 3.63) is 53.6 Å². The van der Waals surface area contributed by atoms with E-state index in [2.05, 4.69) is 10.3 Å². The Morgan fingerprint density at radius 3 is 2.32 bits per heavy atom. The molecule has 9 nitrogen and oxygen atoms in total. The van der Waals surface area contributed by atoms with E-state index in [4.69, 9.17) is 18.9 Å². The molecule has 202 valence electrons. The van der Waals surface area contributed by atoms with Crippen LogP contribution in [0.4, 0.5) is 4.39 Å². The maximum absolute atomic E-state index is 13.4. The van der Waals surface area contributed by atoms with E-state index in [1.807, 2.05) is 20.8 Å². The van der Waals surface area contributed by atoms with Crippen LogP contribution in [0, 0.1) is 11.7 Å². The van der Waals surface area contributed by atoms with Gasteiger partial charge in [0.05, 0.1) is 25.4 Å². The molecule has 37 heavy (non-hydrogen) atoms. The van der Waals surface area contributed by atoms with Gasteiger partial charge in [0.1, 0.15) is 17.6 Å². The third-order valence-electron chi connectivity index (χ3n) is 6.21. The zero-order chi connectivity index (χ0) is 27.8. The zero-order valence-electron chi connectivity index (χ0n) is 22.3. The average molecular weight is 519 g/mol. The Balaban J connectivity index is 2.21. The van der Waals surface area contributed by atoms with E-state index in [1.165, 1.54) is 45.4 Å². The summed E-state index contributed by atoms with van der Waals surface area (Å²) in [7, 11) is 2.96. The lowest BCUT2D eigenvalue weighted by Crippen LogP contribution is -2.53. The predicted molar refractivity (Wildman–Crippen MR) is 134 cm³/mol. The molecule has 1 aromatic heterocycles. The summed E-state index contributed by atoms with van der Waals surface area (Å²) >= 11 is 0. The molecule has 0 aliphatic heterocycles. The molecule has 1 aromatic carbocycles. The van der Waals surface area contributed by atoms with Gasteiger partial charge in [0.2, 0.25) is 5.75 Å². The first kappa shape index (κ1) is 29.9. The van der Waals surface area contributed by atoms with Crippen molar-refractivity contribution < 1.29 is 37.7 Å². The molecule has 0 unspecified atom stereocenters. The van der Waals surface area contributed by atoms with E-state index in [0.717, 1.165) is 5.56 Å². The number of esters is 1. The maximum Gasteiger partial charge on any atom is 0.308 e. The van der Waals surface area contributed by atoms with E-state index >= 15 is 0 Å². The molecule has 0 bridgehead atoms. The van der Waals surface area contributed by atoms with Crippen molar-refractivity contribution in [2.75, 3.05) is 20.8 Å². The second-order valence-electron chi connectivity index (χ2n) is 9.53. The Morgan fingerprint density at radius 2 is 1.78 bits per heavy atom. The smallest absolute Gasteiger partial charge is 0.308 e. The quantitative estimate of drug-likeness (QED) is 0.317. The normalized spacial score (nSPS) is 14.7. The third kappa shape index (κ3) is 8.06. The molecule has 0 saturated carbocycles. The standard InChI is InChI=1S/C27H35FN2O7/c1-17(21(26(3,4)35-7)14-19-8-10-20(28)11-9-19)36-16-27(5,15-31)30-25(33)23-24(37-18(2)32)22(34-6)12-13-29-23/h8-13,15,17,21H,14,16H2,1-7H3,(H,30,33)/t17-,21-,27+/m0/s1. The molecule has 1 N–H and O–H groups in total. The molecule has 0 radical (unpaired) electrons. The van der Waals surface area contributed by atoms with E-state index in [0.29, 0.717) is 12.7 Å². The van der Waals surface area contributed by atoms with E-state index in [-0.39, 0.29) is 35.5 Å². The zero-order valence-corrected chi connectivity index (χ0v) is 22.3. The van der Waals surface area contributed by atoms with Crippen LogP contribution in [0.15, 0.2) is 36.5 Å². The Labute approximate surface area is 216 Å². The van der Waals surface area contributed by atoms with Crippen molar-refractivity contribution in [2.45, 2.75) is 58.3 Å². The number of halogens is 1. The van der Waals surface area contributed by atoms with Gasteiger partial charge in [0, 0.05) is 32.2 Å². The minimum absolute atomic E-state index is 0.137. The summed E-state index contributed by atoms with van der Waals surface area (Å²) in [6.45, 7) is 8.23. The molecule has 0 saturated heterocycles. The Hall–Kier alpha value is -3.37. The SMILES string of the molecule is COc1ccnc(C(=O)N[C@](C)(C=O)CO[C@@H](C)[C@H](Cc2ccc(F)cc2)C(C)(C)OC)c1OC(C)=O. The Morgan fingerprint density at radius 1 is 1.14 bits per heavy atom. The number of carbonyl (C=O) groups is 3. The molecule has 3 atom stereocenters. The second-order valence-corrected chi connectivity index (χ2v) is 9.53. The fraction of sp³-hybridized carbons (Fsp3) is 0.481. The minimum Gasteiger partial charge on any atom is -0.493 e. The van der Waals surface area contributed by atoms with Gasteiger partial charge in [-0.1, -0.05) is 12.1 Å². The van der Waals surface area contributed by atoms with Gasteiger partial charge in [-0.2, -0.15) is 0 Å². The third-order valence-corrected chi connectivity index (χ3v) is 6.21. The summed E-state index contributed by atoms with van der Waals surface area (Å²) in [5.41, 5.74) is -1.36. The van der Waals surface area contributed by atoms with E-state index < -0.39 is 29.1 Å². The van der Waals surface area contributed by atoms with Gasteiger partial charge in [-0.15, -0.1) is 0 Å². The number of aldehydes is 1. The number of amides is 1. The van der Waals surface area contributed by atoms with E-state index in [9.17, 15) is 18.8 Å². The topological polar surface area (TPSA) is 113 Å². The number of carbonyl (C=O) groups excluding carboxylic acids is 3. The van der Waals surface area contributed by atoms with Crippen LogP contribution in [0.5, 0.6) is 11.5 Å². The van der Waals surface area contributed by atoms with Crippen LogP contribution in [0.1, 0.15) is 50.7 Å². The lowest BCUT2D eigenvalue weighted by molar-refractivity contribution is -0.132. The summed E-state index contributed by atoms with van der Waals surface area (Å²) in [5, 5.41) is 2.61. The van der Waals surface area contributed by atoms with E-state index in [1.54, 1.807) is 19.2 Å². The number of aromatic nitrogens is 1. The molecule has 0 aliphatic carbocycles. The molecule has 2 aromatic rings. The molecule has 1 heterocycles. The average Bonchev–Trinajstić information content (AvgIpc) is 2.86. The van der Waals surface area contributed by atoms with Crippen molar-refractivity contribution in [3.63, 3.8) is 0 Å². The molecule has 0 fully saturated rings. The summed E-state index contributed by atoms with van der Waals surface area (Å²) in [6, 6.07) is 7.65. The number of nitrogens with one attached hydrogen (secondary N) is 1. The summed E-state index contributed by atoms with van der Waals surface area (Å²) in [6.07, 6.45) is 2.01. The molecular formula is C27H35FN2O7. The fourth-order valence-corrected chi connectivity index (χ4v) is 3.84. The first-order chi connectivity index (χ1) is 17.4. The van der Waals surface area contributed by atoms with Gasteiger partial charge in [-0.05, 0) is 51.8 Å². The molecule has 1 amide bonds. The fourth-order valence-electron chi connectivity index (χ4n) is 3.84. The minimum atomic E-state index is -1.43. The van der Waals surface area contributed by atoms with Crippen LogP contribution in [-0.2, 0) is 25.5 Å². The number of benzene rings is 1. The highest BCUT2D eigenvalue weighted by atomic mass is 19.1. The van der Waals surface area contributed by atoms with Crippen molar-refractivity contribution in [2.24, 2.45) is 5.92 Å². The van der Waals surface area contributed by atoms with Crippen molar-refractivity contribution in [1.29, 1.82) is 0 Å². The summed E-state index contributed by atoms with van der Waals surface area (Å²) in [5.74, 6) is -1.93. The first-order valence-electron chi connectivity index (χ1n) is 11.8. The van der Waals surface area contributed by atoms with Gasteiger partial charge in [-0.25, -0.2) is 9.37 Å². The second kappa shape index (κ2) is 12.7. The highest BCUT2D eigenvalue weighted by molar-refractivity contribution is 5.98. The highest BCUT2D eigenvalue weighted by Gasteiger charge is 2.37. The number of hydrogen-bond acceptors (Lipinski definition) is 8. The molecule has 0 spiro atoms. The largest absolute Gasteiger partial charge is 0.493 e. The van der Waals surface area contributed by atoms with Gasteiger partial charge in [0.25, 0.3) is 5.91 Å². The number of ether oxygens (including phenoxy) is 4. The highest BCUT2D eigenvalue weighted by Crippen LogP contribution is 2.31. The van der Waals surface area contributed by atoms with Crippen LogP contribution in [0.3, 0.4) is 0 Å². The van der Waals surface area contributed by atoms with Crippen molar-refractivity contribution in [1.82, 2.24) is 10.3 Å². The Bertz CT molecular complexity index is 1090. The van der Waals surface area contributed by atoms with Crippen LogP contribution in [0.2, 0.25) is 0 Å². The first-order valence-corrected chi connectivity index (χ1v) is 11.8.